The molecule has 0 atom stereocenters. The Bertz CT molecular complexity index is 562. The summed E-state index contributed by atoms with van der Waals surface area (Å²) in [5.74, 6) is -0.960. The molecule has 1 N–H and O–H groups in total. The number of aromatic carboxylic acids is 1. The van der Waals surface area contributed by atoms with Crippen molar-refractivity contribution in [1.82, 2.24) is 3.97 Å². The van der Waals surface area contributed by atoms with Crippen molar-refractivity contribution < 1.29 is 9.90 Å². The highest BCUT2D eigenvalue weighted by molar-refractivity contribution is 7.78. The molecule has 0 spiro atoms. The van der Waals surface area contributed by atoms with Gasteiger partial charge in [-0.2, -0.15) is 0 Å². The fourth-order valence-electron chi connectivity index (χ4n) is 1.87. The second-order valence-corrected chi connectivity index (χ2v) is 4.07. The Labute approximate surface area is 93.7 Å². The predicted octanol–water partition coefficient (Wildman–Crippen LogP) is 0.599. The molecule has 1 aromatic heterocycles. The van der Waals surface area contributed by atoms with Crippen LogP contribution in [-0.2, 0) is 0 Å². The van der Waals surface area contributed by atoms with Crippen LogP contribution in [0, 0.1) is 6.92 Å². The molecular weight excluding hydrogens is 209 g/mol. The zero-order valence-electron chi connectivity index (χ0n) is 8.48. The van der Waals surface area contributed by atoms with Gasteiger partial charge in [-0.25, -0.2) is 4.79 Å². The Morgan fingerprint density at radius 2 is 2.13 bits per heavy atom. The second kappa shape index (κ2) is 3.34. The lowest BCUT2D eigenvalue weighted by molar-refractivity contribution is 0.0690. The largest absolute Gasteiger partial charge is 0.477 e. The van der Waals surface area contributed by atoms with E-state index in [0.29, 0.717) is 0 Å². The molecule has 0 amide bonds. The van der Waals surface area contributed by atoms with Crippen LogP contribution in [0.15, 0.2) is 18.2 Å². The van der Waals surface area contributed by atoms with E-state index in [1.165, 1.54) is 3.97 Å². The molecule has 0 fully saturated rings. The van der Waals surface area contributed by atoms with Crippen LogP contribution in [0.25, 0.3) is 10.9 Å². The van der Waals surface area contributed by atoms with E-state index in [2.05, 4.69) is 12.8 Å². The summed E-state index contributed by atoms with van der Waals surface area (Å²) in [4.78, 5) is 10.9. The Balaban J connectivity index is 2.88. The Morgan fingerprint density at radius 3 is 2.73 bits per heavy atom. The highest BCUT2D eigenvalue weighted by Gasteiger charge is 2.13. The number of nitrogens with zero attached hydrogens (tertiary/aromatic N) is 1. The molecule has 0 unspecified atom stereocenters. The summed E-state index contributed by atoms with van der Waals surface area (Å²) in [6, 6.07) is 5.62. The molecule has 1 aromatic carbocycles. The zero-order valence-corrected chi connectivity index (χ0v) is 9.38. The fourth-order valence-corrected chi connectivity index (χ4v) is 2.29. The Kier molecular flexibility index (Phi) is 2.27. The lowest BCUT2D eigenvalue weighted by atomic mass is 9.93. The number of carboxylic acid groups (broad SMARTS) is 1. The van der Waals surface area contributed by atoms with Crippen LogP contribution < -0.4 is 5.46 Å². The second-order valence-electron chi connectivity index (χ2n) is 3.67. The summed E-state index contributed by atoms with van der Waals surface area (Å²) in [6.45, 7) is 1.95. The molecule has 2 aromatic rings. The zero-order chi connectivity index (χ0) is 11.2. The van der Waals surface area contributed by atoms with Gasteiger partial charge in [0.15, 0.2) is 0 Å². The van der Waals surface area contributed by atoms with E-state index in [4.69, 9.17) is 5.11 Å². The van der Waals surface area contributed by atoms with Crippen molar-refractivity contribution in [3.63, 3.8) is 0 Å². The Hall–Kier alpha value is -1.36. The van der Waals surface area contributed by atoms with Crippen LogP contribution in [0.1, 0.15) is 16.1 Å². The predicted molar refractivity (Wildman–Crippen MR) is 66.2 cm³/mol. The first-order chi connectivity index (χ1) is 7.00. The van der Waals surface area contributed by atoms with Gasteiger partial charge in [-0.15, -0.1) is 0 Å². The molecule has 0 bridgehead atoms. The van der Waals surface area contributed by atoms with Crippen molar-refractivity contribution in [1.29, 1.82) is 0 Å². The average Bonchev–Trinajstić information content (AvgIpc) is 2.42. The molecule has 76 valence electrons. The molecule has 0 saturated carbocycles. The number of aryl methyl sites for hydroxylation is 1. The molecule has 2 rings (SSSR count). The number of hydrogen-bond donors (Lipinski definition) is 2. The fraction of sp³-hybridized carbons (Fsp3) is 0.100. The molecule has 0 aliphatic rings. The van der Waals surface area contributed by atoms with E-state index in [0.717, 1.165) is 21.9 Å². The van der Waals surface area contributed by atoms with Gasteiger partial charge in [-0.3, -0.25) is 3.97 Å². The first-order valence-corrected chi connectivity index (χ1v) is 4.96. The normalized spacial score (nSPS) is 10.8. The third-order valence-corrected chi connectivity index (χ3v) is 2.84. The minimum atomic E-state index is -0.960. The lowest BCUT2D eigenvalue weighted by Crippen LogP contribution is -2.03. The molecule has 15 heavy (non-hydrogen) atoms. The highest BCUT2D eigenvalue weighted by atomic mass is 32.1. The van der Waals surface area contributed by atoms with Gasteiger partial charge in [0.25, 0.3) is 0 Å². The van der Waals surface area contributed by atoms with Crippen LogP contribution in [-0.4, -0.2) is 22.9 Å². The standard InChI is InChI=1S/C10H10BNO2S/c1-5-2-7(11)3-6-4-8(10(13)14)12(15)9(5)6/h2-4,15H,11H2,1H3,(H,13,14). The molecule has 5 heteroatoms. The van der Waals surface area contributed by atoms with Crippen LogP contribution in [0.3, 0.4) is 0 Å². The molecule has 0 radical (unpaired) electrons. The number of carbonyl (C=O) groups is 1. The summed E-state index contributed by atoms with van der Waals surface area (Å²) in [5.41, 5.74) is 3.21. The first kappa shape index (κ1) is 10.2. The van der Waals surface area contributed by atoms with Crippen molar-refractivity contribution in [3.05, 3.63) is 29.5 Å². The van der Waals surface area contributed by atoms with Gasteiger partial charge in [0.2, 0.25) is 0 Å². The molecule has 0 aliphatic heterocycles. The van der Waals surface area contributed by atoms with Gasteiger partial charge in [0, 0.05) is 5.39 Å². The average molecular weight is 219 g/mol. The van der Waals surface area contributed by atoms with E-state index in [1.807, 2.05) is 26.9 Å². The molecule has 0 aliphatic carbocycles. The van der Waals surface area contributed by atoms with Crippen LogP contribution in [0.5, 0.6) is 0 Å². The van der Waals surface area contributed by atoms with Gasteiger partial charge < -0.3 is 5.11 Å². The third kappa shape index (κ3) is 1.53. The number of aromatic nitrogens is 1. The van der Waals surface area contributed by atoms with Gasteiger partial charge in [-0.1, -0.05) is 30.4 Å². The van der Waals surface area contributed by atoms with E-state index < -0.39 is 5.97 Å². The van der Waals surface area contributed by atoms with Crippen LogP contribution in [0.4, 0.5) is 0 Å². The topological polar surface area (TPSA) is 42.2 Å². The van der Waals surface area contributed by atoms with E-state index in [1.54, 1.807) is 6.07 Å². The minimum Gasteiger partial charge on any atom is -0.477 e. The maximum atomic E-state index is 10.9. The van der Waals surface area contributed by atoms with Gasteiger partial charge in [0.1, 0.15) is 13.5 Å². The lowest BCUT2D eigenvalue weighted by Gasteiger charge is -2.02. The van der Waals surface area contributed by atoms with Crippen molar-refractivity contribution in [2.24, 2.45) is 0 Å². The van der Waals surface area contributed by atoms with Gasteiger partial charge in [-0.05, 0) is 18.6 Å². The summed E-state index contributed by atoms with van der Waals surface area (Å²) in [6.07, 6.45) is 0. The smallest absolute Gasteiger partial charge is 0.353 e. The molecule has 3 nitrogen and oxygen atoms in total. The quantitative estimate of drug-likeness (QED) is 0.544. The van der Waals surface area contributed by atoms with Crippen molar-refractivity contribution >= 4 is 43.0 Å². The van der Waals surface area contributed by atoms with Crippen LogP contribution in [0.2, 0.25) is 0 Å². The molecule has 1 heterocycles. The summed E-state index contributed by atoms with van der Waals surface area (Å²) < 4.78 is 1.42. The SMILES string of the molecule is Bc1cc(C)c2c(c1)cc(C(=O)O)n2S. The number of hydrogen-bond acceptors (Lipinski definition) is 2. The van der Waals surface area contributed by atoms with Gasteiger partial charge in [0.05, 0.1) is 5.52 Å². The summed E-state index contributed by atoms with van der Waals surface area (Å²) >= 11 is 4.19. The van der Waals surface area contributed by atoms with Gasteiger partial charge >= 0.3 is 5.97 Å². The maximum absolute atomic E-state index is 10.9. The Morgan fingerprint density at radius 1 is 1.47 bits per heavy atom. The van der Waals surface area contributed by atoms with Crippen molar-refractivity contribution in [2.45, 2.75) is 6.92 Å². The number of benzene rings is 1. The van der Waals surface area contributed by atoms with Crippen molar-refractivity contribution in [2.75, 3.05) is 0 Å². The van der Waals surface area contributed by atoms with E-state index >= 15 is 0 Å². The summed E-state index contributed by atoms with van der Waals surface area (Å²) in [5, 5.41) is 9.87. The van der Waals surface area contributed by atoms with Crippen LogP contribution >= 0.6 is 12.8 Å². The molecule has 0 saturated heterocycles. The number of rotatable bonds is 1. The maximum Gasteiger partial charge on any atom is 0.353 e. The monoisotopic (exact) mass is 219 g/mol. The number of carboxylic acids is 1. The first-order valence-electron chi connectivity index (χ1n) is 4.56. The minimum absolute atomic E-state index is 0.196. The van der Waals surface area contributed by atoms with E-state index in [9.17, 15) is 4.79 Å². The third-order valence-electron chi connectivity index (χ3n) is 2.43. The van der Waals surface area contributed by atoms with Crippen molar-refractivity contribution in [3.8, 4) is 0 Å². The number of thiol groups is 1. The molecular formula is C10H10BNO2S. The highest BCUT2D eigenvalue weighted by Crippen LogP contribution is 2.23. The summed E-state index contributed by atoms with van der Waals surface area (Å²) in [7, 11) is 1.99. The van der Waals surface area contributed by atoms with E-state index in [-0.39, 0.29) is 5.69 Å². The number of fused-ring (bicyclic) bond motifs is 1.